The third-order valence-corrected chi connectivity index (χ3v) is 5.80. The monoisotopic (exact) mass is 297 g/mol. The van der Waals surface area contributed by atoms with Gasteiger partial charge >= 0.3 is 0 Å². The van der Waals surface area contributed by atoms with Crippen LogP contribution in [-0.4, -0.2) is 23.4 Å². The molecule has 2 nitrogen and oxygen atoms in total. The van der Waals surface area contributed by atoms with Crippen LogP contribution in [0.15, 0.2) is 60.7 Å². The van der Waals surface area contributed by atoms with Crippen LogP contribution in [0.2, 0.25) is 0 Å². The van der Waals surface area contributed by atoms with E-state index >= 15 is 0 Å². The number of fused-ring (bicyclic) bond motifs is 1. The van der Waals surface area contributed by atoms with Gasteiger partial charge in [-0.05, 0) is 24.0 Å². The molecule has 0 N–H and O–H groups in total. The molecule has 0 aromatic heterocycles. The minimum atomic E-state index is 0.288. The first kappa shape index (κ1) is 13.5. The van der Waals surface area contributed by atoms with Crippen LogP contribution in [-0.2, 0) is 4.52 Å². The third kappa shape index (κ3) is 2.53. The fourth-order valence-electron chi connectivity index (χ4n) is 3.64. The van der Waals surface area contributed by atoms with Crippen molar-refractivity contribution in [3.05, 3.63) is 71.8 Å². The first-order valence-corrected chi connectivity index (χ1v) is 8.57. The van der Waals surface area contributed by atoms with Crippen LogP contribution in [0.4, 0.5) is 0 Å². The number of hydrogen-bond acceptors (Lipinski definition) is 2. The Bertz CT molecular complexity index is 549. The molecule has 2 aromatic carbocycles. The fraction of sp³-hybridized carbons (Fsp3) is 0.333. The molecule has 3 atom stereocenters. The van der Waals surface area contributed by atoms with Crippen molar-refractivity contribution in [3.8, 4) is 0 Å². The van der Waals surface area contributed by atoms with Crippen molar-refractivity contribution in [2.24, 2.45) is 0 Å². The van der Waals surface area contributed by atoms with E-state index in [2.05, 4.69) is 65.3 Å². The van der Waals surface area contributed by atoms with Gasteiger partial charge in [0.05, 0.1) is 15.1 Å². The van der Waals surface area contributed by atoms with E-state index in [4.69, 9.17) is 4.52 Å². The van der Waals surface area contributed by atoms with Crippen molar-refractivity contribution in [1.29, 1.82) is 0 Å². The summed E-state index contributed by atoms with van der Waals surface area (Å²) in [6, 6.07) is 22.3. The zero-order valence-corrected chi connectivity index (χ0v) is 13.0. The maximum absolute atomic E-state index is 6.24. The summed E-state index contributed by atoms with van der Waals surface area (Å²) in [6.45, 7) is 1.20. The van der Waals surface area contributed by atoms with Crippen molar-refractivity contribution in [1.82, 2.24) is 4.67 Å². The summed E-state index contributed by atoms with van der Waals surface area (Å²) in [5, 5.41) is 0. The molecule has 2 heterocycles. The zero-order valence-electron chi connectivity index (χ0n) is 12.0. The molecule has 0 aliphatic carbocycles. The Morgan fingerprint density at radius 2 is 1.57 bits per heavy atom. The lowest BCUT2D eigenvalue weighted by Gasteiger charge is -2.27. The largest absolute Gasteiger partial charge is 0.340 e. The molecule has 0 spiro atoms. The molecule has 0 amide bonds. The smallest absolute Gasteiger partial charge is 0.0899 e. The molecule has 21 heavy (non-hydrogen) atoms. The summed E-state index contributed by atoms with van der Waals surface area (Å²) < 4.78 is 8.78. The molecule has 2 aromatic rings. The van der Waals surface area contributed by atoms with Gasteiger partial charge in [-0.15, -0.1) is 0 Å². The van der Waals surface area contributed by atoms with Gasteiger partial charge < -0.3 is 4.52 Å². The predicted molar refractivity (Wildman–Crippen MR) is 87.6 cm³/mol. The van der Waals surface area contributed by atoms with Gasteiger partial charge in [0.2, 0.25) is 0 Å². The lowest BCUT2D eigenvalue weighted by atomic mass is 9.83. The molecule has 0 bridgehead atoms. The van der Waals surface area contributed by atoms with Gasteiger partial charge in [0.1, 0.15) is 0 Å². The molecule has 2 saturated heterocycles. The van der Waals surface area contributed by atoms with Gasteiger partial charge in [-0.2, -0.15) is 0 Å². The van der Waals surface area contributed by atoms with Gasteiger partial charge in [-0.25, -0.2) is 0 Å². The number of benzene rings is 2. The van der Waals surface area contributed by atoms with Crippen molar-refractivity contribution >= 4 is 8.96 Å². The Hall–Kier alpha value is -1.21. The maximum Gasteiger partial charge on any atom is 0.0899 e. The third-order valence-electron chi connectivity index (χ3n) is 4.63. The van der Waals surface area contributed by atoms with Crippen molar-refractivity contribution in [2.45, 2.75) is 30.9 Å². The highest BCUT2D eigenvalue weighted by atomic mass is 31.1. The summed E-state index contributed by atoms with van der Waals surface area (Å²) in [7, 11) is 0.539. The van der Waals surface area contributed by atoms with Gasteiger partial charge in [-0.3, -0.25) is 4.67 Å². The van der Waals surface area contributed by atoms with Crippen LogP contribution in [0.1, 0.15) is 29.9 Å². The highest BCUT2D eigenvalue weighted by Crippen LogP contribution is 2.48. The highest BCUT2D eigenvalue weighted by molar-refractivity contribution is 7.29. The first-order valence-electron chi connectivity index (χ1n) is 7.71. The van der Waals surface area contributed by atoms with E-state index in [1.165, 1.54) is 30.5 Å². The van der Waals surface area contributed by atoms with E-state index in [1.54, 1.807) is 0 Å². The van der Waals surface area contributed by atoms with Crippen LogP contribution in [0.5, 0.6) is 0 Å². The van der Waals surface area contributed by atoms with Gasteiger partial charge in [0, 0.05) is 18.5 Å². The predicted octanol–water partition coefficient (Wildman–Crippen LogP) is 4.19. The minimum Gasteiger partial charge on any atom is -0.340 e. The molecule has 2 aliphatic rings. The Balaban J connectivity index is 1.74. The SMILES string of the molecule is c1ccc(C(c2ccccc2)C2OPN3CCCC23)cc1. The van der Waals surface area contributed by atoms with E-state index in [-0.39, 0.29) is 6.10 Å². The molecule has 3 unspecified atom stereocenters. The van der Waals surface area contributed by atoms with E-state index in [0.717, 1.165) is 0 Å². The summed E-state index contributed by atoms with van der Waals surface area (Å²) >= 11 is 0. The van der Waals surface area contributed by atoms with E-state index in [0.29, 0.717) is 20.9 Å². The second-order valence-electron chi connectivity index (χ2n) is 5.88. The maximum atomic E-state index is 6.24. The van der Waals surface area contributed by atoms with Crippen LogP contribution in [0.3, 0.4) is 0 Å². The normalized spacial score (nSPS) is 26.5. The number of rotatable bonds is 3. The zero-order chi connectivity index (χ0) is 14.1. The van der Waals surface area contributed by atoms with Crippen molar-refractivity contribution in [3.63, 3.8) is 0 Å². The number of nitrogens with zero attached hydrogens (tertiary/aromatic N) is 1. The Labute approximate surface area is 128 Å². The molecule has 2 aliphatic heterocycles. The topological polar surface area (TPSA) is 12.5 Å². The molecule has 4 rings (SSSR count). The van der Waals surface area contributed by atoms with Crippen LogP contribution < -0.4 is 0 Å². The summed E-state index contributed by atoms with van der Waals surface area (Å²) in [5.41, 5.74) is 2.74. The fourth-order valence-corrected chi connectivity index (χ4v) is 4.85. The summed E-state index contributed by atoms with van der Waals surface area (Å²) in [6.07, 6.45) is 2.87. The molecule has 0 radical (unpaired) electrons. The molecule has 2 fully saturated rings. The van der Waals surface area contributed by atoms with E-state index < -0.39 is 0 Å². The first-order chi connectivity index (χ1) is 10.4. The highest BCUT2D eigenvalue weighted by Gasteiger charge is 2.43. The lowest BCUT2D eigenvalue weighted by Crippen LogP contribution is -2.33. The molecule has 0 saturated carbocycles. The standard InChI is InChI=1S/C18H20NOP/c1-3-8-14(9-4-1)17(15-10-5-2-6-11-15)18-16-12-7-13-19(16)21-20-18/h1-6,8-11,16-18,21H,7,12-13H2. The quantitative estimate of drug-likeness (QED) is 0.788. The molecular formula is C18H20NOP. The Morgan fingerprint density at radius 3 is 2.19 bits per heavy atom. The number of hydrogen-bond donors (Lipinski definition) is 0. The van der Waals surface area contributed by atoms with E-state index in [9.17, 15) is 0 Å². The van der Waals surface area contributed by atoms with Gasteiger partial charge in [0.15, 0.2) is 0 Å². The van der Waals surface area contributed by atoms with Gasteiger partial charge in [0.25, 0.3) is 0 Å². The Kier molecular flexibility index (Phi) is 3.77. The van der Waals surface area contributed by atoms with E-state index in [1.807, 2.05) is 0 Å². The lowest BCUT2D eigenvalue weighted by molar-refractivity contribution is 0.191. The second-order valence-corrected chi connectivity index (χ2v) is 6.87. The molecular weight excluding hydrogens is 277 g/mol. The molecule has 108 valence electrons. The average molecular weight is 297 g/mol. The van der Waals surface area contributed by atoms with Crippen LogP contribution in [0.25, 0.3) is 0 Å². The average Bonchev–Trinajstić information content (AvgIpc) is 3.15. The van der Waals surface area contributed by atoms with Crippen molar-refractivity contribution in [2.75, 3.05) is 6.54 Å². The Morgan fingerprint density at radius 1 is 0.952 bits per heavy atom. The minimum absolute atomic E-state index is 0.288. The summed E-state index contributed by atoms with van der Waals surface area (Å²) in [5.74, 6) is 0.341. The second kappa shape index (κ2) is 5.88. The van der Waals surface area contributed by atoms with Crippen LogP contribution >= 0.6 is 8.96 Å². The van der Waals surface area contributed by atoms with Crippen molar-refractivity contribution < 1.29 is 4.52 Å². The van der Waals surface area contributed by atoms with Crippen LogP contribution in [0, 0.1) is 0 Å². The molecule has 3 heteroatoms. The summed E-state index contributed by atoms with van der Waals surface area (Å²) in [4.78, 5) is 0. The van der Waals surface area contributed by atoms with Gasteiger partial charge in [-0.1, -0.05) is 60.7 Å².